The molecule has 8 heteroatoms. The van der Waals surface area contributed by atoms with Gasteiger partial charge in [-0.2, -0.15) is 0 Å². The second-order valence-electron chi connectivity index (χ2n) is 3.52. The Bertz CT molecular complexity index is 656. The fourth-order valence-corrected chi connectivity index (χ4v) is 1.90. The molecule has 0 bridgehead atoms. The fourth-order valence-electron chi connectivity index (χ4n) is 1.35. The van der Waals surface area contributed by atoms with Crippen LogP contribution >= 0.6 is 11.3 Å². The number of nitrogens with zero attached hydrogens (tertiary/aromatic N) is 1. The lowest BCUT2D eigenvalue weighted by Gasteiger charge is -2.05. The minimum atomic E-state index is -1.41. The van der Waals surface area contributed by atoms with Gasteiger partial charge < -0.3 is 16.2 Å². The van der Waals surface area contributed by atoms with Crippen molar-refractivity contribution in [2.75, 3.05) is 11.1 Å². The van der Waals surface area contributed by atoms with Crippen LogP contribution in [0.2, 0.25) is 0 Å². The number of aromatic nitrogens is 1. The largest absolute Gasteiger partial charge is 0.478 e. The Morgan fingerprint density at radius 1 is 1.42 bits per heavy atom. The number of anilines is 2. The number of nitrogen functional groups attached to an aromatic ring is 1. The number of thiazole rings is 1. The molecule has 0 saturated carbocycles. The Balaban J connectivity index is 2.22. The minimum absolute atomic E-state index is 0.115. The summed E-state index contributed by atoms with van der Waals surface area (Å²) in [7, 11) is 0. The van der Waals surface area contributed by atoms with Crippen molar-refractivity contribution in [2.45, 2.75) is 0 Å². The average molecular weight is 281 g/mol. The predicted molar refractivity (Wildman–Crippen MR) is 67.8 cm³/mol. The van der Waals surface area contributed by atoms with E-state index in [2.05, 4.69) is 10.3 Å². The van der Waals surface area contributed by atoms with Gasteiger partial charge in [-0.3, -0.25) is 4.79 Å². The molecule has 1 amide bonds. The molecule has 0 fully saturated rings. The first-order valence-corrected chi connectivity index (χ1v) is 5.90. The van der Waals surface area contributed by atoms with Crippen LogP contribution in [0.1, 0.15) is 20.8 Å². The van der Waals surface area contributed by atoms with Crippen molar-refractivity contribution >= 4 is 34.0 Å². The monoisotopic (exact) mass is 281 g/mol. The van der Waals surface area contributed by atoms with Gasteiger partial charge in [-0.15, -0.1) is 11.3 Å². The van der Waals surface area contributed by atoms with E-state index in [1.165, 1.54) is 11.4 Å². The Morgan fingerprint density at radius 2 is 2.16 bits per heavy atom. The molecule has 0 radical (unpaired) electrons. The van der Waals surface area contributed by atoms with Crippen molar-refractivity contribution in [3.63, 3.8) is 0 Å². The number of hydrogen-bond acceptors (Lipinski definition) is 5. The van der Waals surface area contributed by atoms with E-state index in [1.54, 1.807) is 0 Å². The van der Waals surface area contributed by atoms with Crippen LogP contribution in [0.15, 0.2) is 23.6 Å². The topological polar surface area (TPSA) is 105 Å². The van der Waals surface area contributed by atoms with Crippen molar-refractivity contribution in [1.29, 1.82) is 0 Å². The van der Waals surface area contributed by atoms with Gasteiger partial charge in [0.05, 0.1) is 5.56 Å². The highest BCUT2D eigenvalue weighted by Crippen LogP contribution is 2.17. The zero-order chi connectivity index (χ0) is 14.0. The molecule has 0 atom stereocenters. The molecule has 6 nitrogen and oxygen atoms in total. The molecular weight excluding hydrogens is 273 g/mol. The second-order valence-corrected chi connectivity index (χ2v) is 4.41. The number of carboxylic acid groups (broad SMARTS) is 1. The van der Waals surface area contributed by atoms with E-state index in [0.29, 0.717) is 0 Å². The van der Waals surface area contributed by atoms with Crippen LogP contribution in [-0.2, 0) is 0 Å². The van der Waals surface area contributed by atoms with E-state index in [0.717, 1.165) is 23.5 Å². The summed E-state index contributed by atoms with van der Waals surface area (Å²) in [6.45, 7) is 0. The number of benzene rings is 1. The highest BCUT2D eigenvalue weighted by molar-refractivity contribution is 7.13. The summed E-state index contributed by atoms with van der Waals surface area (Å²) in [5.74, 6) is -2.83. The summed E-state index contributed by atoms with van der Waals surface area (Å²) < 4.78 is 13.2. The number of hydrogen-bond donors (Lipinski definition) is 3. The average Bonchev–Trinajstić information content (AvgIpc) is 2.78. The molecule has 2 aromatic rings. The number of aromatic carboxylic acids is 1. The van der Waals surface area contributed by atoms with Gasteiger partial charge in [-0.1, -0.05) is 0 Å². The number of nitrogens with two attached hydrogens (primary N) is 1. The summed E-state index contributed by atoms with van der Waals surface area (Å²) >= 11 is 1.11. The van der Waals surface area contributed by atoms with E-state index in [-0.39, 0.29) is 16.5 Å². The number of carbonyl (C=O) groups excluding carboxylic acids is 1. The Morgan fingerprint density at radius 3 is 2.74 bits per heavy atom. The Kier molecular flexibility index (Phi) is 3.43. The maximum atomic E-state index is 13.2. The maximum Gasteiger partial charge on any atom is 0.338 e. The molecule has 1 aromatic carbocycles. The Hall–Kier alpha value is -2.48. The van der Waals surface area contributed by atoms with Crippen LogP contribution < -0.4 is 11.1 Å². The van der Waals surface area contributed by atoms with Gasteiger partial charge in [-0.05, 0) is 18.2 Å². The molecule has 4 N–H and O–H groups in total. The summed E-state index contributed by atoms with van der Waals surface area (Å²) in [6, 6.07) is 3.26. The standard InChI is InChI=1S/C11H8FN3O3S/c12-7-2-1-5(3-6(7)10(17)18)14-9(16)8-4-19-11(13)15-8/h1-4H,(H2,13,15)(H,14,16)(H,17,18). The smallest absolute Gasteiger partial charge is 0.338 e. The van der Waals surface area contributed by atoms with E-state index in [9.17, 15) is 14.0 Å². The zero-order valence-corrected chi connectivity index (χ0v) is 10.2. The third-order valence-electron chi connectivity index (χ3n) is 2.21. The normalized spacial score (nSPS) is 10.2. The molecule has 98 valence electrons. The molecule has 0 saturated heterocycles. The number of halogens is 1. The number of amides is 1. The van der Waals surface area contributed by atoms with Gasteiger partial charge in [0, 0.05) is 11.1 Å². The number of carbonyl (C=O) groups is 2. The molecule has 1 heterocycles. The van der Waals surface area contributed by atoms with E-state index >= 15 is 0 Å². The maximum absolute atomic E-state index is 13.2. The minimum Gasteiger partial charge on any atom is -0.478 e. The SMILES string of the molecule is Nc1nc(C(=O)Nc2ccc(F)c(C(=O)O)c2)cs1. The van der Waals surface area contributed by atoms with Gasteiger partial charge >= 0.3 is 5.97 Å². The first kappa shape index (κ1) is 13.0. The van der Waals surface area contributed by atoms with Gasteiger partial charge in [0.2, 0.25) is 0 Å². The van der Waals surface area contributed by atoms with Crippen LogP contribution in [0, 0.1) is 5.82 Å². The van der Waals surface area contributed by atoms with Gasteiger partial charge in [0.15, 0.2) is 5.13 Å². The summed E-state index contributed by atoms with van der Waals surface area (Å²) in [6.07, 6.45) is 0. The van der Waals surface area contributed by atoms with Crippen molar-refractivity contribution in [3.05, 3.63) is 40.7 Å². The van der Waals surface area contributed by atoms with Gasteiger partial charge in [-0.25, -0.2) is 14.2 Å². The van der Waals surface area contributed by atoms with Crippen molar-refractivity contribution < 1.29 is 19.1 Å². The lowest BCUT2D eigenvalue weighted by atomic mass is 10.2. The zero-order valence-electron chi connectivity index (χ0n) is 9.38. The Labute approximate surface area is 110 Å². The summed E-state index contributed by atoms with van der Waals surface area (Å²) in [5, 5.41) is 12.9. The third kappa shape index (κ3) is 2.86. The van der Waals surface area contributed by atoms with Crippen LogP contribution in [-0.4, -0.2) is 22.0 Å². The van der Waals surface area contributed by atoms with E-state index < -0.39 is 23.3 Å². The quantitative estimate of drug-likeness (QED) is 0.795. The molecule has 0 aliphatic carbocycles. The van der Waals surface area contributed by atoms with E-state index in [4.69, 9.17) is 10.8 Å². The summed E-state index contributed by atoms with van der Waals surface area (Å²) in [5.41, 5.74) is 5.15. The van der Waals surface area contributed by atoms with Crippen LogP contribution in [0.25, 0.3) is 0 Å². The molecule has 0 aliphatic rings. The molecular formula is C11H8FN3O3S. The lowest BCUT2D eigenvalue weighted by Crippen LogP contribution is -2.13. The molecule has 19 heavy (non-hydrogen) atoms. The van der Waals surface area contributed by atoms with Crippen molar-refractivity contribution in [3.8, 4) is 0 Å². The first-order chi connectivity index (χ1) is 8.97. The number of rotatable bonds is 3. The molecule has 1 aromatic heterocycles. The first-order valence-electron chi connectivity index (χ1n) is 5.02. The van der Waals surface area contributed by atoms with Crippen LogP contribution in [0.5, 0.6) is 0 Å². The number of carboxylic acids is 1. The van der Waals surface area contributed by atoms with Crippen molar-refractivity contribution in [1.82, 2.24) is 4.98 Å². The lowest BCUT2D eigenvalue weighted by molar-refractivity contribution is 0.0691. The van der Waals surface area contributed by atoms with Gasteiger partial charge in [0.25, 0.3) is 5.91 Å². The highest BCUT2D eigenvalue weighted by atomic mass is 32.1. The second kappa shape index (κ2) is 5.02. The van der Waals surface area contributed by atoms with Crippen LogP contribution in [0.3, 0.4) is 0 Å². The molecule has 2 rings (SSSR count). The number of nitrogens with one attached hydrogen (secondary N) is 1. The molecule has 0 unspecified atom stereocenters. The summed E-state index contributed by atoms with van der Waals surface area (Å²) in [4.78, 5) is 26.3. The predicted octanol–water partition coefficient (Wildman–Crippen LogP) is 1.81. The van der Waals surface area contributed by atoms with Gasteiger partial charge in [0.1, 0.15) is 11.5 Å². The fraction of sp³-hybridized carbons (Fsp3) is 0. The molecule has 0 aliphatic heterocycles. The van der Waals surface area contributed by atoms with Crippen molar-refractivity contribution in [2.24, 2.45) is 0 Å². The van der Waals surface area contributed by atoms with Crippen LogP contribution in [0.4, 0.5) is 15.2 Å². The molecule has 0 spiro atoms. The third-order valence-corrected chi connectivity index (χ3v) is 2.88. The highest BCUT2D eigenvalue weighted by Gasteiger charge is 2.14. The van der Waals surface area contributed by atoms with E-state index in [1.807, 2.05) is 0 Å².